The van der Waals surface area contributed by atoms with Gasteiger partial charge >= 0.3 is 0 Å². The summed E-state index contributed by atoms with van der Waals surface area (Å²) in [5, 5.41) is 0.443. The zero-order valence-electron chi connectivity index (χ0n) is 17.4. The molecule has 0 aliphatic heterocycles. The predicted molar refractivity (Wildman–Crippen MR) is 117 cm³/mol. The van der Waals surface area contributed by atoms with E-state index in [1.54, 1.807) is 32.2 Å². The third-order valence-electron chi connectivity index (χ3n) is 4.54. The van der Waals surface area contributed by atoms with Crippen LogP contribution in [0.25, 0.3) is 22.3 Å². The first-order valence-electron chi connectivity index (χ1n) is 9.24. The first kappa shape index (κ1) is 21.2. The molecule has 2 aromatic carbocycles. The summed E-state index contributed by atoms with van der Waals surface area (Å²) >= 11 is -1.44. The van der Waals surface area contributed by atoms with E-state index >= 15 is 0 Å². The predicted octanol–water partition coefficient (Wildman–Crippen LogP) is 4.32. The highest BCUT2D eigenvalue weighted by Gasteiger charge is 2.27. The van der Waals surface area contributed by atoms with Crippen molar-refractivity contribution < 1.29 is 8.94 Å². The largest absolute Gasteiger partial charge is 0.591 e. The molecule has 0 saturated heterocycles. The molecule has 0 radical (unpaired) electrons. The Morgan fingerprint density at radius 1 is 1.24 bits per heavy atom. The van der Waals surface area contributed by atoms with Crippen LogP contribution in [0.5, 0.6) is 0 Å². The maximum Gasteiger partial charge on any atom is 0.261 e. The second-order valence-corrected chi connectivity index (χ2v) is 9.96. The molecule has 3 aromatic rings. The van der Waals surface area contributed by atoms with Gasteiger partial charge in [-0.2, -0.15) is 0 Å². The number of rotatable bonds is 3. The van der Waals surface area contributed by atoms with E-state index in [4.69, 9.17) is 4.98 Å². The molecule has 1 heterocycles. The molecular formula is C22H24FN3O2S. The number of benzene rings is 2. The van der Waals surface area contributed by atoms with Crippen molar-refractivity contribution in [1.29, 1.82) is 0 Å². The van der Waals surface area contributed by atoms with Crippen molar-refractivity contribution in [3.63, 3.8) is 0 Å². The van der Waals surface area contributed by atoms with Gasteiger partial charge in [-0.3, -0.25) is 9.36 Å². The summed E-state index contributed by atoms with van der Waals surface area (Å²) in [5.41, 5.74) is 2.80. The van der Waals surface area contributed by atoms with Crippen molar-refractivity contribution in [3.8, 4) is 11.4 Å². The van der Waals surface area contributed by atoms with E-state index in [2.05, 4.69) is 4.40 Å². The Kier molecular flexibility index (Phi) is 5.65. The highest BCUT2D eigenvalue weighted by atomic mass is 32.2. The molecular weight excluding hydrogens is 389 g/mol. The third-order valence-corrected chi connectivity index (χ3v) is 6.03. The molecule has 0 fully saturated rings. The van der Waals surface area contributed by atoms with Gasteiger partial charge in [0.05, 0.1) is 16.6 Å². The Balaban J connectivity index is 2.32. The zero-order chi connectivity index (χ0) is 21.5. The molecule has 0 aliphatic rings. The summed E-state index contributed by atoms with van der Waals surface area (Å²) < 4.78 is 31.5. The summed E-state index contributed by atoms with van der Waals surface area (Å²) in [6.45, 7) is 9.20. The van der Waals surface area contributed by atoms with E-state index in [9.17, 15) is 13.7 Å². The summed E-state index contributed by atoms with van der Waals surface area (Å²) in [6, 6.07) is 9.63. The first-order valence-corrected chi connectivity index (χ1v) is 10.3. The fourth-order valence-corrected chi connectivity index (χ4v) is 3.61. The lowest BCUT2D eigenvalue weighted by molar-refractivity contribution is 0.561. The van der Waals surface area contributed by atoms with Crippen LogP contribution >= 0.6 is 0 Å². The standard InChI is InChI=1S/C22H24FN3O2S/c1-13-10-17(14(2)25-29(28)22(3,4)5)19-18(11-13)21(27)26(6)20(24-19)15-8-7-9-16(23)12-15/h7-12H,1-6H3/t29-/m1/s1. The van der Waals surface area contributed by atoms with E-state index in [1.807, 2.05) is 33.8 Å². The van der Waals surface area contributed by atoms with Crippen molar-refractivity contribution in [2.75, 3.05) is 0 Å². The topological polar surface area (TPSA) is 70.3 Å². The number of hydrogen-bond acceptors (Lipinski definition) is 4. The van der Waals surface area contributed by atoms with Crippen LogP contribution in [0, 0.1) is 12.7 Å². The van der Waals surface area contributed by atoms with Crippen LogP contribution in [-0.2, 0) is 18.4 Å². The molecule has 0 saturated carbocycles. The monoisotopic (exact) mass is 413 g/mol. The van der Waals surface area contributed by atoms with Crippen LogP contribution < -0.4 is 5.56 Å². The van der Waals surface area contributed by atoms with Crippen molar-refractivity contribution in [2.24, 2.45) is 11.4 Å². The van der Waals surface area contributed by atoms with Crippen molar-refractivity contribution in [2.45, 2.75) is 39.4 Å². The van der Waals surface area contributed by atoms with Gasteiger partial charge < -0.3 is 4.55 Å². The minimum atomic E-state index is -1.44. The van der Waals surface area contributed by atoms with E-state index in [0.717, 1.165) is 5.56 Å². The summed E-state index contributed by atoms with van der Waals surface area (Å²) in [6.07, 6.45) is 0. The Bertz CT molecular complexity index is 1180. The number of halogens is 1. The van der Waals surface area contributed by atoms with E-state index < -0.39 is 21.9 Å². The quantitative estimate of drug-likeness (QED) is 0.474. The van der Waals surface area contributed by atoms with Gasteiger partial charge in [0.1, 0.15) is 27.8 Å². The lowest BCUT2D eigenvalue weighted by atomic mass is 10.0. The number of aryl methyl sites for hydroxylation is 1. The molecule has 3 rings (SSSR count). The van der Waals surface area contributed by atoms with Crippen LogP contribution in [0.15, 0.2) is 45.6 Å². The van der Waals surface area contributed by atoms with Crippen LogP contribution in [0.1, 0.15) is 38.8 Å². The van der Waals surface area contributed by atoms with E-state index in [1.165, 1.54) is 16.7 Å². The number of fused-ring (bicyclic) bond motifs is 1. The average Bonchev–Trinajstić information content (AvgIpc) is 2.63. The van der Waals surface area contributed by atoms with Crippen molar-refractivity contribution in [3.05, 3.63) is 63.7 Å². The number of hydrogen-bond donors (Lipinski definition) is 0. The molecule has 152 valence electrons. The van der Waals surface area contributed by atoms with Crippen LogP contribution in [-0.4, -0.2) is 24.6 Å². The van der Waals surface area contributed by atoms with Gasteiger partial charge in [0.25, 0.3) is 5.56 Å². The van der Waals surface area contributed by atoms with Crippen LogP contribution in [0.3, 0.4) is 0 Å². The Labute approximate surface area is 172 Å². The van der Waals surface area contributed by atoms with Crippen molar-refractivity contribution in [1.82, 2.24) is 9.55 Å². The zero-order valence-corrected chi connectivity index (χ0v) is 18.2. The van der Waals surface area contributed by atoms with Gasteiger partial charge in [0.15, 0.2) is 0 Å². The van der Waals surface area contributed by atoms with Gasteiger partial charge in [0.2, 0.25) is 0 Å². The van der Waals surface area contributed by atoms with Gasteiger partial charge in [-0.05, 0) is 64.4 Å². The summed E-state index contributed by atoms with van der Waals surface area (Å²) in [4.78, 5) is 17.7. The lowest BCUT2D eigenvalue weighted by Gasteiger charge is -2.19. The number of aromatic nitrogens is 2. The second-order valence-electron chi connectivity index (χ2n) is 8.06. The molecule has 5 nitrogen and oxygen atoms in total. The minimum absolute atomic E-state index is 0.232. The normalized spacial score (nSPS) is 13.7. The highest BCUT2D eigenvalue weighted by Crippen LogP contribution is 2.24. The maximum atomic E-state index is 13.7. The Morgan fingerprint density at radius 2 is 1.93 bits per heavy atom. The molecule has 0 aliphatic carbocycles. The first-order chi connectivity index (χ1) is 13.5. The number of nitrogens with zero attached hydrogens (tertiary/aromatic N) is 3. The molecule has 1 atom stereocenters. The SMILES string of the molecule is CC(=N[S@+]([O-])C(C)(C)C)c1cc(C)cc2c(=O)n(C)c(-c3cccc(F)c3)nc12. The van der Waals surface area contributed by atoms with E-state index in [-0.39, 0.29) is 5.56 Å². The smallest absolute Gasteiger partial charge is 0.261 e. The van der Waals surface area contributed by atoms with Crippen molar-refractivity contribution >= 4 is 28.0 Å². The lowest BCUT2D eigenvalue weighted by Crippen LogP contribution is -2.27. The maximum absolute atomic E-state index is 13.7. The van der Waals surface area contributed by atoms with E-state index in [0.29, 0.717) is 33.6 Å². The minimum Gasteiger partial charge on any atom is -0.591 e. The molecule has 1 aromatic heterocycles. The third kappa shape index (κ3) is 4.26. The summed E-state index contributed by atoms with van der Waals surface area (Å²) in [5.74, 6) is -0.0452. The second kappa shape index (κ2) is 7.72. The molecule has 0 unspecified atom stereocenters. The van der Waals surface area contributed by atoms with Crippen LogP contribution in [0.2, 0.25) is 0 Å². The van der Waals surface area contributed by atoms with Gasteiger partial charge in [-0.25, -0.2) is 9.37 Å². The fourth-order valence-electron chi connectivity index (χ4n) is 2.99. The Hall–Kier alpha value is -2.51. The molecule has 0 bridgehead atoms. The molecule has 29 heavy (non-hydrogen) atoms. The van der Waals surface area contributed by atoms with Gasteiger partial charge in [-0.1, -0.05) is 16.5 Å². The van der Waals surface area contributed by atoms with Gasteiger partial charge in [-0.15, -0.1) is 0 Å². The molecule has 0 amide bonds. The Morgan fingerprint density at radius 3 is 2.55 bits per heavy atom. The molecule has 7 heteroatoms. The fraction of sp³-hybridized carbons (Fsp3) is 0.318. The highest BCUT2D eigenvalue weighted by molar-refractivity contribution is 7.91. The molecule has 0 N–H and O–H groups in total. The average molecular weight is 414 g/mol. The molecule has 0 spiro atoms. The summed E-state index contributed by atoms with van der Waals surface area (Å²) in [7, 11) is 1.62. The van der Waals surface area contributed by atoms with Gasteiger partial charge in [0, 0.05) is 18.2 Å². The van der Waals surface area contributed by atoms with Crippen LogP contribution in [0.4, 0.5) is 4.39 Å².